The van der Waals surface area contributed by atoms with Crippen molar-refractivity contribution >= 4 is 16.7 Å². The van der Waals surface area contributed by atoms with Gasteiger partial charge in [-0.05, 0) is 38.5 Å². The van der Waals surface area contributed by atoms with E-state index in [4.69, 9.17) is 4.98 Å². The number of nitrogens with zero attached hydrogens (tertiary/aromatic N) is 3. The van der Waals surface area contributed by atoms with E-state index in [0.717, 1.165) is 42.9 Å². The molecule has 1 saturated heterocycles. The van der Waals surface area contributed by atoms with E-state index in [2.05, 4.69) is 21.5 Å². The molecule has 3 rings (SSSR count). The van der Waals surface area contributed by atoms with E-state index >= 15 is 0 Å². The molecule has 1 aromatic rings. The van der Waals surface area contributed by atoms with Gasteiger partial charge in [0.1, 0.15) is 5.82 Å². The molecule has 2 heterocycles. The van der Waals surface area contributed by atoms with E-state index in [-0.39, 0.29) is 0 Å². The summed E-state index contributed by atoms with van der Waals surface area (Å²) < 4.78 is 4.49. The Hall–Kier alpha value is -0.680. The Morgan fingerprint density at radius 2 is 2.21 bits per heavy atom. The molecule has 2 fully saturated rings. The highest BCUT2D eigenvalue weighted by Crippen LogP contribution is 2.27. The average molecular weight is 280 g/mol. The summed E-state index contributed by atoms with van der Waals surface area (Å²) in [5, 5.41) is 4.82. The second-order valence-corrected chi connectivity index (χ2v) is 6.50. The fourth-order valence-electron chi connectivity index (χ4n) is 2.74. The van der Waals surface area contributed by atoms with Gasteiger partial charge in [-0.15, -0.1) is 0 Å². The van der Waals surface area contributed by atoms with Gasteiger partial charge in [-0.25, -0.2) is 4.98 Å². The SMILES string of the molecule is CCCc1nsc(N2CCCCC2CNC2CC2)n1. The summed E-state index contributed by atoms with van der Waals surface area (Å²) in [6, 6.07) is 1.42. The van der Waals surface area contributed by atoms with Crippen molar-refractivity contribution in [2.45, 2.75) is 64.0 Å². The topological polar surface area (TPSA) is 41.1 Å². The zero-order valence-electron chi connectivity index (χ0n) is 11.8. The Kier molecular flexibility index (Phi) is 4.33. The molecular weight excluding hydrogens is 256 g/mol. The van der Waals surface area contributed by atoms with Crippen LogP contribution in [-0.4, -0.2) is 34.5 Å². The molecule has 0 aromatic carbocycles. The molecule has 1 saturated carbocycles. The van der Waals surface area contributed by atoms with Gasteiger partial charge in [0.2, 0.25) is 5.13 Å². The maximum absolute atomic E-state index is 4.72. The van der Waals surface area contributed by atoms with Crippen LogP contribution in [0.15, 0.2) is 0 Å². The van der Waals surface area contributed by atoms with Gasteiger partial charge < -0.3 is 10.2 Å². The van der Waals surface area contributed by atoms with Gasteiger partial charge >= 0.3 is 0 Å². The first-order valence-corrected chi connectivity index (χ1v) is 8.46. The first-order chi connectivity index (χ1) is 9.36. The van der Waals surface area contributed by atoms with E-state index < -0.39 is 0 Å². The molecule has 19 heavy (non-hydrogen) atoms. The number of rotatable bonds is 6. The number of hydrogen-bond donors (Lipinski definition) is 1. The van der Waals surface area contributed by atoms with Crippen LogP contribution in [0.3, 0.4) is 0 Å². The minimum Gasteiger partial charge on any atom is -0.343 e. The summed E-state index contributed by atoms with van der Waals surface area (Å²) in [4.78, 5) is 7.22. The van der Waals surface area contributed by atoms with E-state index in [0.29, 0.717) is 6.04 Å². The number of anilines is 1. The van der Waals surface area contributed by atoms with E-state index in [1.54, 1.807) is 11.5 Å². The van der Waals surface area contributed by atoms with Gasteiger partial charge in [-0.1, -0.05) is 6.92 Å². The molecular formula is C14H24N4S. The molecule has 2 aliphatic rings. The van der Waals surface area contributed by atoms with Crippen molar-refractivity contribution in [2.24, 2.45) is 0 Å². The van der Waals surface area contributed by atoms with E-state index in [9.17, 15) is 0 Å². The number of hydrogen-bond acceptors (Lipinski definition) is 5. The first-order valence-electron chi connectivity index (χ1n) is 7.69. The zero-order valence-corrected chi connectivity index (χ0v) is 12.6. The lowest BCUT2D eigenvalue weighted by atomic mass is 10.0. The quantitative estimate of drug-likeness (QED) is 0.869. The minimum atomic E-state index is 0.622. The third-order valence-electron chi connectivity index (χ3n) is 4.02. The predicted molar refractivity (Wildman–Crippen MR) is 79.9 cm³/mol. The molecule has 4 nitrogen and oxygen atoms in total. The summed E-state index contributed by atoms with van der Waals surface area (Å²) in [7, 11) is 0. The van der Waals surface area contributed by atoms with Crippen LogP contribution in [0, 0.1) is 0 Å². The van der Waals surface area contributed by atoms with E-state index in [1.165, 1.54) is 32.1 Å². The maximum Gasteiger partial charge on any atom is 0.205 e. The summed E-state index contributed by atoms with van der Waals surface area (Å²) in [6.07, 6.45) is 8.82. The Morgan fingerprint density at radius 3 is 3.00 bits per heavy atom. The van der Waals surface area contributed by atoms with Gasteiger partial charge in [0.25, 0.3) is 0 Å². The van der Waals surface area contributed by atoms with Crippen LogP contribution >= 0.6 is 11.5 Å². The molecule has 1 N–H and O–H groups in total. The summed E-state index contributed by atoms with van der Waals surface area (Å²) in [6.45, 7) is 4.45. The van der Waals surface area contributed by atoms with Crippen LogP contribution in [-0.2, 0) is 6.42 Å². The molecule has 1 atom stereocenters. The first kappa shape index (κ1) is 13.3. The number of nitrogens with one attached hydrogen (secondary N) is 1. The van der Waals surface area contributed by atoms with Crippen LogP contribution < -0.4 is 10.2 Å². The third-order valence-corrected chi connectivity index (χ3v) is 4.81. The second-order valence-electron chi connectivity index (χ2n) is 5.77. The molecule has 1 aromatic heterocycles. The van der Waals surface area contributed by atoms with Crippen LogP contribution in [0.2, 0.25) is 0 Å². The molecule has 1 aliphatic heterocycles. The van der Waals surface area contributed by atoms with Crippen LogP contribution in [0.5, 0.6) is 0 Å². The fraction of sp³-hybridized carbons (Fsp3) is 0.857. The van der Waals surface area contributed by atoms with Crippen molar-refractivity contribution < 1.29 is 0 Å². The lowest BCUT2D eigenvalue weighted by Crippen LogP contribution is -2.46. The number of aryl methyl sites for hydroxylation is 1. The van der Waals surface area contributed by atoms with Crippen LogP contribution in [0.4, 0.5) is 5.13 Å². The molecule has 0 amide bonds. The van der Waals surface area contributed by atoms with Crippen molar-refractivity contribution in [3.05, 3.63) is 5.82 Å². The molecule has 0 bridgehead atoms. The normalized spacial score (nSPS) is 23.8. The smallest absolute Gasteiger partial charge is 0.205 e. The standard InChI is InChI=1S/C14H24N4S/c1-2-5-13-16-14(19-17-13)18-9-4-3-6-12(18)10-15-11-7-8-11/h11-12,15H,2-10H2,1H3. The van der Waals surface area contributed by atoms with Gasteiger partial charge in [0, 0.05) is 43.1 Å². The third kappa shape index (κ3) is 3.45. The summed E-state index contributed by atoms with van der Waals surface area (Å²) in [5.41, 5.74) is 0. The summed E-state index contributed by atoms with van der Waals surface area (Å²) in [5.74, 6) is 1.03. The monoisotopic (exact) mass is 280 g/mol. The Balaban J connectivity index is 1.63. The molecule has 5 heteroatoms. The Morgan fingerprint density at radius 1 is 1.32 bits per heavy atom. The maximum atomic E-state index is 4.72. The Bertz CT molecular complexity index is 402. The summed E-state index contributed by atoms with van der Waals surface area (Å²) >= 11 is 1.59. The van der Waals surface area contributed by atoms with Crippen LogP contribution in [0.1, 0.15) is 51.3 Å². The largest absolute Gasteiger partial charge is 0.343 e. The predicted octanol–water partition coefficient (Wildman–Crippen LogP) is 2.60. The van der Waals surface area contributed by atoms with E-state index in [1.807, 2.05) is 0 Å². The number of piperidine rings is 1. The van der Waals surface area contributed by atoms with Gasteiger partial charge in [0.05, 0.1) is 0 Å². The van der Waals surface area contributed by atoms with Gasteiger partial charge in [0.15, 0.2) is 0 Å². The molecule has 0 spiro atoms. The van der Waals surface area contributed by atoms with Gasteiger partial charge in [-0.2, -0.15) is 4.37 Å². The molecule has 0 radical (unpaired) electrons. The average Bonchev–Trinajstić information content (AvgIpc) is 3.16. The lowest BCUT2D eigenvalue weighted by molar-refractivity contribution is 0.434. The minimum absolute atomic E-state index is 0.622. The van der Waals surface area contributed by atoms with Crippen molar-refractivity contribution in [3.63, 3.8) is 0 Å². The molecule has 1 aliphatic carbocycles. The van der Waals surface area contributed by atoms with Crippen molar-refractivity contribution in [3.8, 4) is 0 Å². The van der Waals surface area contributed by atoms with Crippen molar-refractivity contribution in [1.82, 2.24) is 14.7 Å². The highest BCUT2D eigenvalue weighted by Gasteiger charge is 2.28. The zero-order chi connectivity index (χ0) is 13.1. The highest BCUT2D eigenvalue weighted by atomic mass is 32.1. The number of aromatic nitrogens is 2. The molecule has 106 valence electrons. The van der Waals surface area contributed by atoms with Crippen molar-refractivity contribution in [1.29, 1.82) is 0 Å². The van der Waals surface area contributed by atoms with Gasteiger partial charge in [-0.3, -0.25) is 0 Å². The second kappa shape index (κ2) is 6.18. The fourth-order valence-corrected chi connectivity index (χ4v) is 3.55. The van der Waals surface area contributed by atoms with Crippen molar-refractivity contribution in [2.75, 3.05) is 18.0 Å². The highest BCUT2D eigenvalue weighted by molar-refractivity contribution is 7.09. The van der Waals surface area contributed by atoms with Crippen LogP contribution in [0.25, 0.3) is 0 Å². The Labute approximate surface area is 119 Å². The molecule has 1 unspecified atom stereocenters. The lowest BCUT2D eigenvalue weighted by Gasteiger charge is -2.35.